The van der Waals surface area contributed by atoms with E-state index in [1.807, 2.05) is 51.1 Å². The maximum atomic E-state index is 12.9. The van der Waals surface area contributed by atoms with Crippen molar-refractivity contribution in [1.82, 2.24) is 0 Å². The van der Waals surface area contributed by atoms with Gasteiger partial charge in [0.1, 0.15) is 6.04 Å². The zero-order valence-electron chi connectivity index (χ0n) is 15.3. The first-order chi connectivity index (χ1) is 11.9. The van der Waals surface area contributed by atoms with Gasteiger partial charge in [-0.15, -0.1) is 12.4 Å². The third kappa shape index (κ3) is 3.92. The summed E-state index contributed by atoms with van der Waals surface area (Å²) in [7, 11) is 0. The number of nitrogens with zero attached hydrogens (tertiary/aromatic N) is 1. The average molecular weight is 394 g/mol. The number of carbonyl (C=O) groups is 1. The average Bonchev–Trinajstić information content (AvgIpc) is 2.57. The summed E-state index contributed by atoms with van der Waals surface area (Å²) < 4.78 is 0. The van der Waals surface area contributed by atoms with E-state index >= 15 is 0 Å². The number of nitrogens with two attached hydrogens (primary N) is 1. The highest BCUT2D eigenvalue weighted by atomic mass is 35.5. The summed E-state index contributed by atoms with van der Waals surface area (Å²) in [6, 6.07) is 9.48. The standard InChI is InChI=1S/C20H24ClN3O.ClH/c1-12-10-13(2)19(16(21)11-12)23-20(25)14(3)24-9-5-6-15-17(22)7-4-8-18(15)24;/h4,7-8,10-11,14H,5-6,9,22H2,1-3H3,(H,23,25);1H. The fourth-order valence-corrected chi connectivity index (χ4v) is 3.89. The van der Waals surface area contributed by atoms with Crippen LogP contribution in [0.15, 0.2) is 30.3 Å². The summed E-state index contributed by atoms with van der Waals surface area (Å²) in [5.41, 5.74) is 11.8. The first kappa shape index (κ1) is 20.4. The molecule has 1 unspecified atom stereocenters. The second-order valence-corrected chi connectivity index (χ2v) is 7.15. The Labute approximate surface area is 166 Å². The number of nitrogens with one attached hydrogen (secondary N) is 1. The van der Waals surface area contributed by atoms with Crippen LogP contribution in [-0.4, -0.2) is 18.5 Å². The summed E-state index contributed by atoms with van der Waals surface area (Å²) >= 11 is 6.33. The van der Waals surface area contributed by atoms with Crippen LogP contribution in [0.2, 0.25) is 5.02 Å². The number of amides is 1. The molecule has 3 N–H and O–H groups in total. The van der Waals surface area contributed by atoms with Gasteiger partial charge in [-0.1, -0.05) is 23.7 Å². The first-order valence-electron chi connectivity index (χ1n) is 8.60. The van der Waals surface area contributed by atoms with E-state index in [2.05, 4.69) is 10.2 Å². The Bertz CT molecular complexity index is 800. The zero-order chi connectivity index (χ0) is 18.1. The molecule has 1 atom stereocenters. The number of carbonyl (C=O) groups excluding carboxylic acids is 1. The molecule has 140 valence electrons. The molecule has 1 aliphatic heterocycles. The van der Waals surface area contributed by atoms with Gasteiger partial charge in [0, 0.05) is 17.9 Å². The summed E-state index contributed by atoms with van der Waals surface area (Å²) in [6.07, 6.45) is 1.94. The molecule has 26 heavy (non-hydrogen) atoms. The van der Waals surface area contributed by atoms with E-state index < -0.39 is 0 Å². The molecule has 0 saturated heterocycles. The van der Waals surface area contributed by atoms with Crippen LogP contribution in [0.5, 0.6) is 0 Å². The molecular weight excluding hydrogens is 369 g/mol. The van der Waals surface area contributed by atoms with Gasteiger partial charge in [-0.2, -0.15) is 0 Å². The van der Waals surface area contributed by atoms with Crippen molar-refractivity contribution in [3.8, 4) is 0 Å². The van der Waals surface area contributed by atoms with Gasteiger partial charge in [0.2, 0.25) is 5.91 Å². The lowest BCUT2D eigenvalue weighted by Gasteiger charge is -2.36. The normalized spacial score (nSPS) is 14.2. The third-order valence-corrected chi connectivity index (χ3v) is 5.15. The van der Waals surface area contributed by atoms with E-state index in [4.69, 9.17) is 17.3 Å². The topological polar surface area (TPSA) is 58.4 Å². The van der Waals surface area contributed by atoms with Crippen molar-refractivity contribution in [2.75, 3.05) is 22.5 Å². The Kier molecular flexibility index (Phi) is 6.43. The molecule has 0 radical (unpaired) electrons. The number of aryl methyl sites for hydroxylation is 2. The van der Waals surface area contributed by atoms with Crippen molar-refractivity contribution < 1.29 is 4.79 Å². The van der Waals surface area contributed by atoms with Crippen molar-refractivity contribution in [2.45, 2.75) is 39.7 Å². The lowest BCUT2D eigenvalue weighted by atomic mass is 9.98. The van der Waals surface area contributed by atoms with E-state index in [-0.39, 0.29) is 24.4 Å². The highest BCUT2D eigenvalue weighted by Crippen LogP contribution is 2.33. The first-order valence-corrected chi connectivity index (χ1v) is 8.98. The van der Waals surface area contributed by atoms with E-state index in [1.165, 1.54) is 0 Å². The molecule has 0 bridgehead atoms. The minimum atomic E-state index is -0.308. The summed E-state index contributed by atoms with van der Waals surface area (Å²) in [5, 5.41) is 3.58. The van der Waals surface area contributed by atoms with Crippen LogP contribution in [0, 0.1) is 13.8 Å². The van der Waals surface area contributed by atoms with Crippen molar-refractivity contribution in [3.63, 3.8) is 0 Å². The highest BCUT2D eigenvalue weighted by molar-refractivity contribution is 6.34. The SMILES string of the molecule is Cc1cc(C)c(NC(=O)C(C)N2CCCc3c(N)cccc32)c(Cl)c1.Cl. The Hall–Kier alpha value is -1.91. The van der Waals surface area contributed by atoms with E-state index in [0.717, 1.165) is 47.5 Å². The fourth-order valence-electron chi connectivity index (χ4n) is 3.53. The Morgan fingerprint density at radius 1 is 1.31 bits per heavy atom. The van der Waals surface area contributed by atoms with Crippen molar-refractivity contribution >= 4 is 47.0 Å². The number of hydrogen-bond acceptors (Lipinski definition) is 3. The Morgan fingerprint density at radius 3 is 2.73 bits per heavy atom. The maximum Gasteiger partial charge on any atom is 0.246 e. The summed E-state index contributed by atoms with van der Waals surface area (Å²) in [4.78, 5) is 15.0. The van der Waals surface area contributed by atoms with Gasteiger partial charge < -0.3 is 16.0 Å². The third-order valence-electron chi connectivity index (χ3n) is 4.85. The van der Waals surface area contributed by atoms with Gasteiger partial charge in [-0.05, 0) is 68.5 Å². The highest BCUT2D eigenvalue weighted by Gasteiger charge is 2.27. The van der Waals surface area contributed by atoms with E-state index in [1.54, 1.807) is 0 Å². The van der Waals surface area contributed by atoms with Crippen molar-refractivity contribution in [2.24, 2.45) is 0 Å². The lowest BCUT2D eigenvalue weighted by molar-refractivity contribution is -0.117. The molecule has 4 nitrogen and oxygen atoms in total. The Morgan fingerprint density at radius 2 is 2.04 bits per heavy atom. The van der Waals surface area contributed by atoms with Crippen LogP contribution in [0.4, 0.5) is 17.1 Å². The quantitative estimate of drug-likeness (QED) is 0.740. The molecule has 1 aliphatic rings. The molecule has 2 aromatic carbocycles. The second kappa shape index (κ2) is 8.19. The second-order valence-electron chi connectivity index (χ2n) is 6.75. The van der Waals surface area contributed by atoms with Crippen molar-refractivity contribution in [3.05, 3.63) is 52.0 Å². The van der Waals surface area contributed by atoms with Crippen LogP contribution < -0.4 is 16.0 Å². The predicted octanol–water partition coefficient (Wildman–Crippen LogP) is 4.74. The van der Waals surface area contributed by atoms with E-state index in [9.17, 15) is 4.79 Å². The van der Waals surface area contributed by atoms with Crippen LogP contribution >= 0.6 is 24.0 Å². The number of hydrogen-bond donors (Lipinski definition) is 2. The molecule has 2 aromatic rings. The predicted molar refractivity (Wildman–Crippen MR) is 113 cm³/mol. The van der Waals surface area contributed by atoms with Gasteiger partial charge in [0.25, 0.3) is 0 Å². The summed E-state index contributed by atoms with van der Waals surface area (Å²) in [5.74, 6) is -0.0656. The monoisotopic (exact) mass is 393 g/mol. The molecule has 1 heterocycles. The van der Waals surface area contributed by atoms with Gasteiger partial charge >= 0.3 is 0 Å². The van der Waals surface area contributed by atoms with Gasteiger partial charge in [-0.3, -0.25) is 4.79 Å². The van der Waals surface area contributed by atoms with Gasteiger partial charge in [-0.25, -0.2) is 0 Å². The largest absolute Gasteiger partial charge is 0.398 e. The minimum absolute atomic E-state index is 0. The van der Waals surface area contributed by atoms with Gasteiger partial charge in [0.05, 0.1) is 10.7 Å². The smallest absolute Gasteiger partial charge is 0.246 e. The number of halogens is 2. The molecule has 0 saturated carbocycles. The lowest BCUT2D eigenvalue weighted by Crippen LogP contribution is -2.45. The fraction of sp³-hybridized carbons (Fsp3) is 0.350. The van der Waals surface area contributed by atoms with Gasteiger partial charge in [0.15, 0.2) is 0 Å². The molecule has 6 heteroatoms. The molecule has 0 aromatic heterocycles. The van der Waals surface area contributed by atoms with Crippen molar-refractivity contribution in [1.29, 1.82) is 0 Å². The molecule has 0 aliphatic carbocycles. The molecule has 3 rings (SSSR count). The number of fused-ring (bicyclic) bond motifs is 1. The number of rotatable bonds is 3. The van der Waals surface area contributed by atoms with Crippen LogP contribution in [0.25, 0.3) is 0 Å². The summed E-state index contributed by atoms with van der Waals surface area (Å²) in [6.45, 7) is 6.70. The van der Waals surface area contributed by atoms with Crippen LogP contribution in [0.1, 0.15) is 30.0 Å². The number of nitrogen functional groups attached to an aromatic ring is 1. The van der Waals surface area contributed by atoms with E-state index in [0.29, 0.717) is 10.7 Å². The zero-order valence-corrected chi connectivity index (χ0v) is 16.9. The minimum Gasteiger partial charge on any atom is -0.398 e. The molecule has 0 spiro atoms. The number of benzene rings is 2. The molecule has 1 amide bonds. The molecule has 0 fully saturated rings. The molecular formula is C20H25Cl2N3O. The van der Waals surface area contributed by atoms with Crippen LogP contribution in [-0.2, 0) is 11.2 Å². The Balaban J connectivity index is 0.00000243. The number of anilines is 3. The van der Waals surface area contributed by atoms with Crippen LogP contribution in [0.3, 0.4) is 0 Å². The maximum absolute atomic E-state index is 12.9.